The Hall–Kier alpha value is -1.63. The third kappa shape index (κ3) is 5.74. The Morgan fingerprint density at radius 1 is 1.20 bits per heavy atom. The molecule has 0 atom stereocenters. The summed E-state index contributed by atoms with van der Waals surface area (Å²) in [5.74, 6) is 1.63. The van der Waals surface area contributed by atoms with E-state index in [2.05, 4.69) is 15.2 Å². The number of nitrogens with one attached hydrogen (secondary N) is 1. The predicted molar refractivity (Wildman–Crippen MR) is 122 cm³/mol. The van der Waals surface area contributed by atoms with Gasteiger partial charge in [-0.25, -0.2) is 4.98 Å². The quantitative estimate of drug-likeness (QED) is 0.643. The highest BCUT2D eigenvalue weighted by Gasteiger charge is 2.25. The molecule has 1 aromatic carbocycles. The second-order valence-corrected chi connectivity index (χ2v) is 9.98. The van der Waals surface area contributed by atoms with Crippen LogP contribution in [0.3, 0.4) is 0 Å². The van der Waals surface area contributed by atoms with Crippen molar-refractivity contribution in [2.24, 2.45) is 5.92 Å². The van der Waals surface area contributed by atoms with E-state index >= 15 is 0 Å². The van der Waals surface area contributed by atoms with Crippen LogP contribution in [0.25, 0.3) is 0 Å². The van der Waals surface area contributed by atoms with Gasteiger partial charge in [-0.3, -0.25) is 4.79 Å². The molecule has 2 aliphatic rings. The van der Waals surface area contributed by atoms with Crippen LogP contribution in [0.2, 0.25) is 5.02 Å². The lowest BCUT2D eigenvalue weighted by atomic mass is 10.0. The summed E-state index contributed by atoms with van der Waals surface area (Å²) in [5, 5.41) is 4.71. The maximum atomic E-state index is 12.8. The fourth-order valence-corrected chi connectivity index (χ4v) is 5.48. The molecule has 1 saturated carbocycles. The van der Waals surface area contributed by atoms with E-state index in [0.717, 1.165) is 48.3 Å². The van der Waals surface area contributed by atoms with Crippen LogP contribution in [0.4, 0.5) is 0 Å². The predicted octanol–water partition coefficient (Wildman–Crippen LogP) is 5.07. The summed E-state index contributed by atoms with van der Waals surface area (Å²) in [6.45, 7) is 5.65. The van der Waals surface area contributed by atoms with Gasteiger partial charge in [-0.1, -0.05) is 24.4 Å². The number of thiazole rings is 1. The molecule has 1 N–H and O–H groups in total. The van der Waals surface area contributed by atoms with Crippen molar-refractivity contribution >= 4 is 28.8 Å². The Balaban J connectivity index is 1.25. The van der Waals surface area contributed by atoms with Gasteiger partial charge < -0.3 is 15.0 Å². The van der Waals surface area contributed by atoms with Crippen LogP contribution in [0.1, 0.15) is 58.9 Å². The number of aryl methyl sites for hydroxylation is 1. The first kappa shape index (κ1) is 21.6. The SMILES string of the molecule is Cc1nc(COc2ccc(Cl)cc2)sc1C(=O)NC1CCN(CC2CCCC2)CC1. The third-order valence-electron chi connectivity index (χ3n) is 6.14. The van der Waals surface area contributed by atoms with Crippen molar-refractivity contribution < 1.29 is 9.53 Å². The van der Waals surface area contributed by atoms with Crippen molar-refractivity contribution in [2.45, 2.75) is 58.1 Å². The number of ether oxygens (including phenoxy) is 1. The Labute approximate surface area is 187 Å². The second-order valence-electron chi connectivity index (χ2n) is 8.46. The molecule has 1 aliphatic carbocycles. The number of aromatic nitrogens is 1. The van der Waals surface area contributed by atoms with Crippen LogP contribution in [0.15, 0.2) is 24.3 Å². The van der Waals surface area contributed by atoms with Gasteiger partial charge in [0.05, 0.1) is 5.69 Å². The monoisotopic (exact) mass is 447 g/mol. The third-order valence-corrected chi connectivity index (χ3v) is 7.52. The Bertz CT molecular complexity index is 841. The number of nitrogens with zero attached hydrogens (tertiary/aromatic N) is 2. The first-order valence-electron chi connectivity index (χ1n) is 10.9. The summed E-state index contributed by atoms with van der Waals surface area (Å²) in [6.07, 6.45) is 7.65. The number of likely N-dealkylation sites (tertiary alicyclic amines) is 1. The lowest BCUT2D eigenvalue weighted by Crippen LogP contribution is -2.45. The molecule has 0 unspecified atom stereocenters. The molecule has 1 saturated heterocycles. The second kappa shape index (κ2) is 10.1. The van der Waals surface area contributed by atoms with E-state index in [1.54, 1.807) is 12.1 Å². The average Bonchev–Trinajstić information content (AvgIpc) is 3.38. The van der Waals surface area contributed by atoms with Crippen molar-refractivity contribution in [3.8, 4) is 5.75 Å². The van der Waals surface area contributed by atoms with Gasteiger partial charge in [0, 0.05) is 30.7 Å². The minimum absolute atomic E-state index is 0.00279. The van der Waals surface area contributed by atoms with Gasteiger partial charge in [-0.15, -0.1) is 11.3 Å². The normalized spacial score (nSPS) is 18.6. The lowest BCUT2D eigenvalue weighted by Gasteiger charge is -2.33. The topological polar surface area (TPSA) is 54.5 Å². The molecule has 30 heavy (non-hydrogen) atoms. The van der Waals surface area contributed by atoms with Crippen LogP contribution < -0.4 is 10.1 Å². The van der Waals surface area contributed by atoms with E-state index in [1.165, 1.54) is 43.6 Å². The number of hydrogen-bond acceptors (Lipinski definition) is 5. The molecule has 2 heterocycles. The van der Waals surface area contributed by atoms with Gasteiger partial charge in [0.15, 0.2) is 0 Å². The number of amides is 1. The zero-order chi connectivity index (χ0) is 20.9. The zero-order valence-corrected chi connectivity index (χ0v) is 19.1. The summed E-state index contributed by atoms with van der Waals surface area (Å²) in [5.41, 5.74) is 0.769. The number of benzene rings is 1. The molecular weight excluding hydrogens is 418 g/mol. The van der Waals surface area contributed by atoms with Gasteiger partial charge in [0.1, 0.15) is 22.2 Å². The van der Waals surface area contributed by atoms with Crippen LogP contribution in [-0.2, 0) is 6.61 Å². The van der Waals surface area contributed by atoms with Crippen molar-refractivity contribution in [2.75, 3.05) is 19.6 Å². The first-order valence-corrected chi connectivity index (χ1v) is 12.1. The van der Waals surface area contributed by atoms with E-state index in [1.807, 2.05) is 19.1 Å². The molecule has 1 aromatic heterocycles. The summed E-state index contributed by atoms with van der Waals surface area (Å²) in [6, 6.07) is 7.50. The van der Waals surface area contributed by atoms with Gasteiger partial charge in [-0.2, -0.15) is 0 Å². The summed E-state index contributed by atoms with van der Waals surface area (Å²) in [4.78, 5) is 20.6. The van der Waals surface area contributed by atoms with Gasteiger partial charge in [0.2, 0.25) is 0 Å². The van der Waals surface area contributed by atoms with E-state index in [0.29, 0.717) is 16.5 Å². The molecule has 7 heteroatoms. The highest BCUT2D eigenvalue weighted by atomic mass is 35.5. The Morgan fingerprint density at radius 2 is 1.90 bits per heavy atom. The first-order chi connectivity index (χ1) is 14.6. The molecule has 1 aliphatic heterocycles. The highest BCUT2D eigenvalue weighted by molar-refractivity contribution is 7.13. The molecule has 0 spiro atoms. The molecule has 0 radical (unpaired) electrons. The fraction of sp³-hybridized carbons (Fsp3) is 0.565. The van der Waals surface area contributed by atoms with Gasteiger partial charge >= 0.3 is 0 Å². The number of hydrogen-bond donors (Lipinski definition) is 1. The molecule has 2 aromatic rings. The highest BCUT2D eigenvalue weighted by Crippen LogP contribution is 2.27. The van der Waals surface area contributed by atoms with Crippen LogP contribution in [0, 0.1) is 12.8 Å². The molecule has 5 nitrogen and oxygen atoms in total. The number of halogens is 1. The number of carbonyl (C=O) groups is 1. The van der Waals surface area contributed by atoms with Crippen LogP contribution in [-0.4, -0.2) is 41.5 Å². The Kier molecular flexibility index (Phi) is 7.28. The smallest absolute Gasteiger partial charge is 0.263 e. The summed E-state index contributed by atoms with van der Waals surface area (Å²) < 4.78 is 5.76. The molecule has 2 fully saturated rings. The van der Waals surface area contributed by atoms with Gasteiger partial charge in [0.25, 0.3) is 5.91 Å². The van der Waals surface area contributed by atoms with Crippen molar-refractivity contribution in [3.05, 3.63) is 44.9 Å². The largest absolute Gasteiger partial charge is 0.486 e. The van der Waals surface area contributed by atoms with Crippen molar-refractivity contribution in [1.29, 1.82) is 0 Å². The lowest BCUT2D eigenvalue weighted by molar-refractivity contribution is 0.0909. The zero-order valence-electron chi connectivity index (χ0n) is 17.5. The summed E-state index contributed by atoms with van der Waals surface area (Å²) >= 11 is 7.32. The summed E-state index contributed by atoms with van der Waals surface area (Å²) in [7, 11) is 0. The van der Waals surface area contributed by atoms with Crippen molar-refractivity contribution in [3.63, 3.8) is 0 Å². The van der Waals surface area contributed by atoms with E-state index in [4.69, 9.17) is 16.3 Å². The van der Waals surface area contributed by atoms with Crippen LogP contribution in [0.5, 0.6) is 5.75 Å². The average molecular weight is 448 g/mol. The molecule has 162 valence electrons. The fourth-order valence-electron chi connectivity index (χ4n) is 4.47. The standard InChI is InChI=1S/C23H30ClN3O2S/c1-16-22(30-21(25-16)15-29-20-8-6-18(24)7-9-20)23(28)26-19-10-12-27(13-11-19)14-17-4-2-3-5-17/h6-9,17,19H,2-5,10-15H2,1H3,(H,26,28). The molecule has 1 amide bonds. The number of rotatable bonds is 7. The van der Waals surface area contributed by atoms with Crippen molar-refractivity contribution in [1.82, 2.24) is 15.2 Å². The maximum absolute atomic E-state index is 12.8. The van der Waals surface area contributed by atoms with E-state index < -0.39 is 0 Å². The maximum Gasteiger partial charge on any atom is 0.263 e. The molecular formula is C23H30ClN3O2S. The van der Waals surface area contributed by atoms with E-state index in [9.17, 15) is 4.79 Å². The van der Waals surface area contributed by atoms with E-state index in [-0.39, 0.29) is 11.9 Å². The molecule has 0 bridgehead atoms. The van der Waals surface area contributed by atoms with Crippen LogP contribution >= 0.6 is 22.9 Å². The minimum atomic E-state index is -0.00279. The van der Waals surface area contributed by atoms with Gasteiger partial charge in [-0.05, 0) is 62.8 Å². The minimum Gasteiger partial charge on any atom is -0.486 e. The molecule has 4 rings (SSSR count). The number of carbonyl (C=O) groups excluding carboxylic acids is 1. The Morgan fingerprint density at radius 3 is 2.60 bits per heavy atom. The number of piperidine rings is 1.